The van der Waals surface area contributed by atoms with Gasteiger partial charge in [0, 0.05) is 197 Å². The Hall–Kier alpha value is 6.09. The minimum absolute atomic E-state index is 0. The van der Waals surface area contributed by atoms with Gasteiger partial charge in [0.25, 0.3) is 0 Å². The van der Waals surface area contributed by atoms with Crippen molar-refractivity contribution in [1.29, 1.82) is 0 Å². The van der Waals surface area contributed by atoms with Crippen LogP contribution in [-0.2, 0) is 0 Å². The van der Waals surface area contributed by atoms with Crippen molar-refractivity contribution in [3.05, 3.63) is 0 Å². The van der Waals surface area contributed by atoms with Gasteiger partial charge in [0.1, 0.15) is 0 Å². The maximum atomic E-state index is 0. The van der Waals surface area contributed by atoms with Gasteiger partial charge < -0.3 is 0 Å². The second-order valence-electron chi connectivity index (χ2n) is 0. The first kappa shape index (κ1) is 22.5. The van der Waals surface area contributed by atoms with E-state index in [0.29, 0.717) is 0 Å². The molecule has 0 nitrogen and oxygen atoms in total. The third-order valence-electron chi connectivity index (χ3n) is 0. The predicted molar refractivity (Wildman–Crippen MR) is 23.0 cm³/mol. The summed E-state index contributed by atoms with van der Waals surface area (Å²) in [5, 5.41) is 0. The molecule has 0 bridgehead atoms. The zero-order chi connectivity index (χ0) is 0. The molecule has 0 unspecified atom stereocenters. The van der Waals surface area contributed by atoms with Crippen LogP contribution in [0.3, 0.4) is 0 Å². The maximum absolute atomic E-state index is 0. The zero-order valence-electron chi connectivity index (χ0n) is 4.00. The summed E-state index contributed by atoms with van der Waals surface area (Å²) in [6, 6.07) is 0. The van der Waals surface area contributed by atoms with Crippen molar-refractivity contribution in [3.8, 4) is 0 Å². The molecule has 0 aliphatic rings. The van der Waals surface area contributed by atoms with Gasteiger partial charge in [-0.1, -0.05) is 0 Å². The van der Waals surface area contributed by atoms with E-state index in [-0.39, 0.29) is 197 Å². The van der Waals surface area contributed by atoms with Crippen LogP contribution < -0.4 is 0 Å². The van der Waals surface area contributed by atoms with Gasteiger partial charge in [0.15, 0.2) is 0 Å². The van der Waals surface area contributed by atoms with Crippen LogP contribution in [0.1, 0.15) is 0 Å². The molecule has 0 spiro atoms. The van der Waals surface area contributed by atoms with E-state index < -0.39 is 0 Å². The molecule has 0 aromatic rings. The summed E-state index contributed by atoms with van der Waals surface area (Å²) in [4.78, 5) is 0. The molecule has 0 heterocycles. The summed E-state index contributed by atoms with van der Waals surface area (Å²) >= 11 is 0. The molecule has 0 aliphatic heterocycles. The first-order valence-electron chi connectivity index (χ1n) is 0. The zero-order valence-corrected chi connectivity index (χ0v) is 18.3. The summed E-state index contributed by atoms with van der Waals surface area (Å²) in [7, 11) is 0. The van der Waals surface area contributed by atoms with Crippen molar-refractivity contribution >= 4 is 197 Å². The van der Waals surface area contributed by atoms with Crippen molar-refractivity contribution in [2.45, 2.75) is 0 Å². The minimum Gasteiger partial charge on any atom is 0 e. The standard InChI is InChI=1S/Cs.K.Li.Rb. The van der Waals surface area contributed by atoms with Gasteiger partial charge in [0.05, 0.1) is 0 Å². The Balaban J connectivity index is 0. The van der Waals surface area contributed by atoms with Crippen molar-refractivity contribution in [1.82, 2.24) is 0 Å². The summed E-state index contributed by atoms with van der Waals surface area (Å²) in [6.45, 7) is 0. The minimum atomic E-state index is 0. The van der Waals surface area contributed by atoms with Crippen LogP contribution in [0.25, 0.3) is 0 Å². The fraction of sp³-hybridized carbons (Fsp3) is 0. The van der Waals surface area contributed by atoms with Crippen LogP contribution in [0.4, 0.5) is 0 Å². The molecule has 4 valence electrons. The molecular weight excluding hydrogens is 264 g/mol. The van der Waals surface area contributed by atoms with E-state index in [9.17, 15) is 0 Å². The quantitative estimate of drug-likeness (QED) is 0.466. The molecule has 0 saturated carbocycles. The van der Waals surface area contributed by atoms with Gasteiger partial charge >= 0.3 is 0 Å². The summed E-state index contributed by atoms with van der Waals surface area (Å²) < 4.78 is 0. The fourth-order valence-electron chi connectivity index (χ4n) is 0. The van der Waals surface area contributed by atoms with Gasteiger partial charge in [-0.3, -0.25) is 0 Å². The Morgan fingerprint density at radius 3 is 1.00 bits per heavy atom. The van der Waals surface area contributed by atoms with E-state index in [4.69, 9.17) is 0 Å². The average Bonchev–Trinajstić information content (AvgIpc) is 0. The first-order valence-corrected chi connectivity index (χ1v) is 0. The Labute approximate surface area is 189 Å². The van der Waals surface area contributed by atoms with E-state index in [0.717, 1.165) is 0 Å². The van der Waals surface area contributed by atoms with E-state index in [1.807, 2.05) is 0 Å². The largest absolute Gasteiger partial charge is 0 e. The Bertz CT molecular complexity index is 8.00. The van der Waals surface area contributed by atoms with Gasteiger partial charge in [0.2, 0.25) is 0 Å². The van der Waals surface area contributed by atoms with Crippen LogP contribution in [0, 0.1) is 0 Å². The predicted octanol–water partition coefficient (Wildman–Crippen LogP) is -1.52. The van der Waals surface area contributed by atoms with Crippen LogP contribution in [0.15, 0.2) is 0 Å². The van der Waals surface area contributed by atoms with Gasteiger partial charge in [-0.15, -0.1) is 0 Å². The Morgan fingerprint density at radius 2 is 1.00 bits per heavy atom. The van der Waals surface area contributed by atoms with Crippen molar-refractivity contribution in [3.63, 3.8) is 0 Å². The maximum Gasteiger partial charge on any atom is 0 e. The smallest absolute Gasteiger partial charge is 0 e. The molecule has 0 aliphatic carbocycles. The molecule has 4 heavy (non-hydrogen) atoms. The number of hydrogen-bond acceptors (Lipinski definition) is 0. The van der Waals surface area contributed by atoms with Gasteiger partial charge in [-0.25, -0.2) is 0 Å². The fourth-order valence-corrected chi connectivity index (χ4v) is 0. The van der Waals surface area contributed by atoms with E-state index in [1.54, 1.807) is 0 Å². The van der Waals surface area contributed by atoms with E-state index >= 15 is 0 Å². The van der Waals surface area contributed by atoms with E-state index in [1.165, 1.54) is 0 Å². The summed E-state index contributed by atoms with van der Waals surface area (Å²) in [5.74, 6) is 0. The van der Waals surface area contributed by atoms with E-state index in [2.05, 4.69) is 0 Å². The van der Waals surface area contributed by atoms with Crippen LogP contribution in [-0.4, -0.2) is 197 Å². The topological polar surface area (TPSA) is 0 Å². The van der Waals surface area contributed by atoms with Gasteiger partial charge in [-0.05, 0) is 0 Å². The molecule has 4 heteroatoms. The first-order chi connectivity index (χ1) is 0. The molecule has 0 saturated heterocycles. The Morgan fingerprint density at radius 1 is 1.00 bits per heavy atom. The summed E-state index contributed by atoms with van der Waals surface area (Å²) in [6.07, 6.45) is 0. The summed E-state index contributed by atoms with van der Waals surface area (Å²) in [5.41, 5.74) is 0. The van der Waals surface area contributed by atoms with Crippen LogP contribution in [0.5, 0.6) is 0 Å². The third-order valence-corrected chi connectivity index (χ3v) is 0. The number of rotatable bonds is 0. The SMILES string of the molecule is [Cs].[K].[Li].[Rb]. The third kappa shape index (κ3) is 11.0. The molecular formula is CsKLiRb. The second-order valence-corrected chi connectivity index (χ2v) is 0. The van der Waals surface area contributed by atoms with Crippen molar-refractivity contribution in [2.75, 3.05) is 0 Å². The van der Waals surface area contributed by atoms with Gasteiger partial charge in [-0.2, -0.15) is 0 Å². The molecule has 0 aromatic carbocycles. The van der Waals surface area contributed by atoms with Crippen LogP contribution >= 0.6 is 0 Å². The Kier molecular flexibility index (Phi) is 90.1. The molecule has 0 rings (SSSR count). The normalized spacial score (nSPS) is 0. The average molecular weight is 264 g/mol. The van der Waals surface area contributed by atoms with Crippen LogP contribution in [0.2, 0.25) is 0 Å². The molecule has 0 atom stereocenters. The molecule has 0 fully saturated rings. The molecule has 0 amide bonds. The second kappa shape index (κ2) is 16.0. The molecule has 0 N–H and O–H groups in total. The molecule has 0 aromatic heterocycles. The number of hydrogen-bond donors (Lipinski definition) is 0. The monoisotopic (exact) mass is 264 g/mol. The van der Waals surface area contributed by atoms with Crippen molar-refractivity contribution in [2.24, 2.45) is 0 Å². The van der Waals surface area contributed by atoms with Crippen molar-refractivity contribution < 1.29 is 0 Å². The molecule has 4 radical (unpaired) electrons.